The number of ether oxygens (including phenoxy) is 1. The van der Waals surface area contributed by atoms with Crippen molar-refractivity contribution in [2.45, 2.75) is 19.4 Å². The molecule has 10 nitrogen and oxygen atoms in total. The summed E-state index contributed by atoms with van der Waals surface area (Å²) in [4.78, 5) is 38.3. The average Bonchev–Trinajstić information content (AvgIpc) is 2.82. The van der Waals surface area contributed by atoms with Gasteiger partial charge < -0.3 is 34.9 Å². The summed E-state index contributed by atoms with van der Waals surface area (Å²) < 4.78 is 11.2. The lowest BCUT2D eigenvalue weighted by Crippen LogP contribution is -2.44. The van der Waals surface area contributed by atoms with Gasteiger partial charge in [0.1, 0.15) is 28.5 Å². The molecule has 4 rings (SSSR count). The molecule has 0 aliphatic heterocycles. The van der Waals surface area contributed by atoms with Crippen molar-refractivity contribution in [3.8, 4) is 40.1 Å². The number of phenols is 4. The summed E-state index contributed by atoms with van der Waals surface area (Å²) in [6, 6.07) is 13.2. The topological polar surface area (TPSA) is 167 Å². The number of benzene rings is 3. The van der Waals surface area contributed by atoms with Gasteiger partial charge >= 0.3 is 5.97 Å². The van der Waals surface area contributed by atoms with Gasteiger partial charge in [-0.2, -0.15) is 0 Å². The predicted octanol–water partition coefficient (Wildman–Crippen LogP) is 2.94. The number of nitrogens with one attached hydrogen (secondary N) is 1. The molecule has 1 atom stereocenters. The monoisotopic (exact) mass is 491 g/mol. The van der Waals surface area contributed by atoms with Crippen LogP contribution in [0.5, 0.6) is 28.7 Å². The molecule has 0 saturated heterocycles. The minimum absolute atomic E-state index is 0.0501. The third-order valence-corrected chi connectivity index (χ3v) is 5.30. The number of aromatic hydroxyl groups is 4. The van der Waals surface area contributed by atoms with Gasteiger partial charge in [0.2, 0.25) is 17.1 Å². The van der Waals surface area contributed by atoms with E-state index in [4.69, 9.17) is 9.15 Å². The highest BCUT2D eigenvalue weighted by Gasteiger charge is 2.28. The van der Waals surface area contributed by atoms with Crippen molar-refractivity contribution < 1.29 is 39.2 Å². The number of hydrogen-bond donors (Lipinski definition) is 5. The van der Waals surface area contributed by atoms with Crippen molar-refractivity contribution >= 4 is 22.8 Å². The average molecular weight is 491 g/mol. The van der Waals surface area contributed by atoms with Crippen molar-refractivity contribution in [1.82, 2.24) is 5.32 Å². The van der Waals surface area contributed by atoms with E-state index in [0.29, 0.717) is 0 Å². The van der Waals surface area contributed by atoms with Gasteiger partial charge in [0.25, 0.3) is 0 Å². The van der Waals surface area contributed by atoms with Crippen LogP contribution in [0.4, 0.5) is 0 Å². The number of hydrogen-bond acceptors (Lipinski definition) is 9. The van der Waals surface area contributed by atoms with E-state index in [1.807, 2.05) is 0 Å². The molecule has 1 amide bonds. The summed E-state index contributed by atoms with van der Waals surface area (Å²) in [6.45, 7) is 1.23. The molecule has 1 heterocycles. The Kier molecular flexibility index (Phi) is 6.51. The van der Waals surface area contributed by atoms with Crippen LogP contribution >= 0.6 is 0 Å². The molecule has 0 spiro atoms. The Bertz CT molecular complexity index is 1530. The Morgan fingerprint density at radius 2 is 1.67 bits per heavy atom. The van der Waals surface area contributed by atoms with E-state index < -0.39 is 46.3 Å². The van der Waals surface area contributed by atoms with Gasteiger partial charge in [0.05, 0.1) is 0 Å². The molecule has 0 unspecified atom stereocenters. The van der Waals surface area contributed by atoms with E-state index >= 15 is 0 Å². The zero-order valence-corrected chi connectivity index (χ0v) is 18.9. The Balaban J connectivity index is 1.85. The van der Waals surface area contributed by atoms with E-state index in [2.05, 4.69) is 5.32 Å². The maximum absolute atomic E-state index is 13.4. The highest BCUT2D eigenvalue weighted by Crippen LogP contribution is 2.38. The molecule has 3 aromatic carbocycles. The molecule has 0 aliphatic carbocycles. The van der Waals surface area contributed by atoms with Crippen LogP contribution in [0.25, 0.3) is 22.3 Å². The Morgan fingerprint density at radius 3 is 2.33 bits per heavy atom. The molecule has 1 aromatic heterocycles. The zero-order chi connectivity index (χ0) is 26.0. The second kappa shape index (κ2) is 9.71. The van der Waals surface area contributed by atoms with Crippen molar-refractivity contribution in [3.05, 3.63) is 76.5 Å². The van der Waals surface area contributed by atoms with Gasteiger partial charge in [0.15, 0.2) is 17.3 Å². The maximum Gasteiger partial charge on any atom is 0.334 e. The Labute approximate surface area is 203 Å². The van der Waals surface area contributed by atoms with Gasteiger partial charge in [0, 0.05) is 31.0 Å². The van der Waals surface area contributed by atoms with Crippen molar-refractivity contribution in [1.29, 1.82) is 0 Å². The highest BCUT2D eigenvalue weighted by atomic mass is 16.5. The van der Waals surface area contributed by atoms with E-state index in [1.54, 1.807) is 30.3 Å². The van der Waals surface area contributed by atoms with Crippen LogP contribution in [0.1, 0.15) is 12.5 Å². The van der Waals surface area contributed by atoms with Crippen LogP contribution in [0, 0.1) is 0 Å². The summed E-state index contributed by atoms with van der Waals surface area (Å²) in [7, 11) is 0. The summed E-state index contributed by atoms with van der Waals surface area (Å²) in [6.07, 6.45) is 0.0621. The minimum atomic E-state index is -1.17. The van der Waals surface area contributed by atoms with Gasteiger partial charge in [-0.15, -0.1) is 0 Å². The number of rotatable bonds is 6. The largest absolute Gasteiger partial charge is 0.508 e. The number of carbonyl (C=O) groups is 2. The lowest BCUT2D eigenvalue weighted by atomic mass is 10.1. The predicted molar refractivity (Wildman–Crippen MR) is 128 cm³/mol. The fraction of sp³-hybridized carbons (Fsp3) is 0.115. The fourth-order valence-electron chi connectivity index (χ4n) is 3.68. The third kappa shape index (κ3) is 4.92. The maximum atomic E-state index is 13.4. The molecule has 184 valence electrons. The molecule has 0 saturated carbocycles. The van der Waals surface area contributed by atoms with Crippen LogP contribution in [-0.4, -0.2) is 38.3 Å². The number of carbonyl (C=O) groups excluding carboxylic acids is 2. The highest BCUT2D eigenvalue weighted by molar-refractivity contribution is 5.91. The lowest BCUT2D eigenvalue weighted by molar-refractivity contribution is -0.139. The molecule has 10 heteroatoms. The summed E-state index contributed by atoms with van der Waals surface area (Å²) in [5, 5.41) is 41.9. The molecule has 0 bridgehead atoms. The number of esters is 1. The molecule has 0 aliphatic rings. The first-order valence-corrected chi connectivity index (χ1v) is 10.7. The molecule has 36 heavy (non-hydrogen) atoms. The first kappa shape index (κ1) is 24.1. The van der Waals surface area contributed by atoms with Gasteiger partial charge in [-0.25, -0.2) is 4.79 Å². The SMILES string of the molecule is CC(=O)N[C@@H](Cc1ccccc1)C(=O)Oc1c(-c2ccc(O)c(O)c2)oc2cc(O)cc(O)c2c1=O. The van der Waals surface area contributed by atoms with Crippen LogP contribution in [0.2, 0.25) is 0 Å². The second-order valence-corrected chi connectivity index (χ2v) is 7.99. The van der Waals surface area contributed by atoms with Gasteiger partial charge in [-0.3, -0.25) is 9.59 Å². The number of phenolic OH excluding ortho intramolecular Hbond substituents is 4. The number of amides is 1. The van der Waals surface area contributed by atoms with Gasteiger partial charge in [-0.1, -0.05) is 30.3 Å². The summed E-state index contributed by atoms with van der Waals surface area (Å²) in [5.41, 5.74) is -0.391. The Hall–Kier alpha value is -4.99. The zero-order valence-electron chi connectivity index (χ0n) is 18.9. The third-order valence-electron chi connectivity index (χ3n) is 5.30. The fourth-order valence-corrected chi connectivity index (χ4v) is 3.68. The van der Waals surface area contributed by atoms with Gasteiger partial charge in [-0.05, 0) is 23.8 Å². The standard InChI is InChI=1S/C26H21NO9/c1-13(28)27-17(9-14-5-3-2-4-6-14)26(34)36-25-23(33)22-20(32)11-16(29)12-21(22)35-24(25)15-7-8-18(30)19(31)10-15/h2-8,10-12,17,29-32H,9H2,1H3,(H,27,28)/t17-/m0/s1. The molecular weight excluding hydrogens is 470 g/mol. The Morgan fingerprint density at radius 1 is 0.944 bits per heavy atom. The van der Waals surface area contributed by atoms with E-state index in [-0.39, 0.29) is 34.5 Å². The second-order valence-electron chi connectivity index (χ2n) is 7.99. The summed E-state index contributed by atoms with van der Waals surface area (Å²) >= 11 is 0. The molecule has 0 fully saturated rings. The quantitative estimate of drug-likeness (QED) is 0.201. The van der Waals surface area contributed by atoms with Crippen LogP contribution in [0.15, 0.2) is 69.9 Å². The van der Waals surface area contributed by atoms with Crippen LogP contribution in [-0.2, 0) is 16.0 Å². The number of fused-ring (bicyclic) bond motifs is 1. The molecule has 4 aromatic rings. The van der Waals surface area contributed by atoms with Crippen LogP contribution in [0.3, 0.4) is 0 Å². The van der Waals surface area contributed by atoms with Crippen molar-refractivity contribution in [2.24, 2.45) is 0 Å². The smallest absolute Gasteiger partial charge is 0.334 e. The lowest BCUT2D eigenvalue weighted by Gasteiger charge is -2.18. The first-order valence-electron chi connectivity index (χ1n) is 10.7. The summed E-state index contributed by atoms with van der Waals surface area (Å²) in [5.74, 6) is -4.40. The van der Waals surface area contributed by atoms with Crippen molar-refractivity contribution in [3.63, 3.8) is 0 Å². The molecular formula is C26H21NO9. The van der Waals surface area contributed by atoms with E-state index in [1.165, 1.54) is 13.0 Å². The normalized spacial score (nSPS) is 11.7. The minimum Gasteiger partial charge on any atom is -0.508 e. The van der Waals surface area contributed by atoms with Crippen LogP contribution < -0.4 is 15.5 Å². The van der Waals surface area contributed by atoms with E-state index in [9.17, 15) is 34.8 Å². The van der Waals surface area contributed by atoms with Crippen molar-refractivity contribution in [2.75, 3.05) is 0 Å². The first-order chi connectivity index (χ1) is 17.1. The molecule has 0 radical (unpaired) electrons. The molecule has 5 N–H and O–H groups in total. The van der Waals surface area contributed by atoms with E-state index in [0.717, 1.165) is 29.8 Å².